The largest absolute Gasteiger partial charge is 0.497 e. The third-order valence-electron chi connectivity index (χ3n) is 2.74. The zero-order chi connectivity index (χ0) is 13.5. The van der Waals surface area contributed by atoms with Crippen LogP contribution >= 0.6 is 0 Å². The molecule has 0 unspecified atom stereocenters. The van der Waals surface area contributed by atoms with E-state index in [1.54, 1.807) is 31.6 Å². The molecule has 1 aromatic carbocycles. The molecule has 2 rings (SSSR count). The molecule has 98 valence electrons. The fraction of sp³-hybridized carbons (Fsp3) is 0.200. The Bertz CT molecular complexity index is 541. The summed E-state index contributed by atoms with van der Waals surface area (Å²) in [4.78, 5) is 15.7. The quantitative estimate of drug-likeness (QED) is 0.894. The summed E-state index contributed by atoms with van der Waals surface area (Å²) in [5.41, 5.74) is 1.86. The molecule has 0 saturated heterocycles. The molecule has 0 spiro atoms. The smallest absolute Gasteiger partial charge is 0.224 e. The first kappa shape index (κ1) is 13.1. The highest BCUT2D eigenvalue weighted by Crippen LogP contribution is 2.14. The summed E-state index contributed by atoms with van der Waals surface area (Å²) in [5.74, 6) is 0.807. The lowest BCUT2D eigenvalue weighted by molar-refractivity contribution is -0.116. The monoisotopic (exact) mass is 256 g/mol. The van der Waals surface area contributed by atoms with E-state index in [2.05, 4.69) is 10.3 Å². The Kier molecular flexibility index (Phi) is 4.50. The SMILES string of the molecule is COc1cccc(CCC(=O)Nc2ccncc2)c1. The summed E-state index contributed by atoms with van der Waals surface area (Å²) >= 11 is 0. The van der Waals surface area contributed by atoms with E-state index >= 15 is 0 Å². The second-order valence-corrected chi connectivity index (χ2v) is 4.14. The summed E-state index contributed by atoms with van der Waals surface area (Å²) in [6, 6.07) is 11.3. The van der Waals surface area contributed by atoms with Gasteiger partial charge < -0.3 is 10.1 Å². The van der Waals surface area contributed by atoms with E-state index in [1.807, 2.05) is 24.3 Å². The summed E-state index contributed by atoms with van der Waals surface area (Å²) in [7, 11) is 1.63. The van der Waals surface area contributed by atoms with Gasteiger partial charge in [0.15, 0.2) is 0 Å². The predicted octanol–water partition coefficient (Wildman–Crippen LogP) is 2.66. The molecule has 19 heavy (non-hydrogen) atoms. The van der Waals surface area contributed by atoms with Gasteiger partial charge in [-0.15, -0.1) is 0 Å². The van der Waals surface area contributed by atoms with Crippen LogP contribution in [-0.2, 0) is 11.2 Å². The molecule has 0 radical (unpaired) electrons. The lowest BCUT2D eigenvalue weighted by Crippen LogP contribution is -2.12. The lowest BCUT2D eigenvalue weighted by atomic mass is 10.1. The van der Waals surface area contributed by atoms with Gasteiger partial charge in [0.25, 0.3) is 0 Å². The Labute approximate surface area is 112 Å². The molecule has 2 aromatic rings. The lowest BCUT2D eigenvalue weighted by Gasteiger charge is -2.06. The highest BCUT2D eigenvalue weighted by atomic mass is 16.5. The maximum absolute atomic E-state index is 11.8. The minimum Gasteiger partial charge on any atom is -0.497 e. The number of nitrogens with one attached hydrogen (secondary N) is 1. The van der Waals surface area contributed by atoms with Crippen molar-refractivity contribution in [1.29, 1.82) is 0 Å². The van der Waals surface area contributed by atoms with Crippen LogP contribution in [0.5, 0.6) is 5.75 Å². The normalized spacial score (nSPS) is 9.95. The number of methoxy groups -OCH3 is 1. The number of amides is 1. The number of nitrogens with zero attached hydrogens (tertiary/aromatic N) is 1. The van der Waals surface area contributed by atoms with Crippen LogP contribution < -0.4 is 10.1 Å². The van der Waals surface area contributed by atoms with Crippen LogP contribution in [0.1, 0.15) is 12.0 Å². The number of pyridine rings is 1. The molecule has 0 aliphatic rings. The molecule has 0 fully saturated rings. The van der Waals surface area contributed by atoms with E-state index in [0.29, 0.717) is 12.8 Å². The Morgan fingerprint density at radius 3 is 2.79 bits per heavy atom. The molecule has 1 aromatic heterocycles. The van der Waals surface area contributed by atoms with Crippen molar-refractivity contribution in [2.45, 2.75) is 12.8 Å². The van der Waals surface area contributed by atoms with Gasteiger partial charge in [-0.05, 0) is 36.2 Å². The van der Waals surface area contributed by atoms with Gasteiger partial charge in [-0.25, -0.2) is 0 Å². The second kappa shape index (κ2) is 6.54. The van der Waals surface area contributed by atoms with Crippen molar-refractivity contribution in [3.63, 3.8) is 0 Å². The van der Waals surface area contributed by atoms with Crippen LogP contribution in [0.2, 0.25) is 0 Å². The number of hydrogen-bond acceptors (Lipinski definition) is 3. The minimum absolute atomic E-state index is 0.00554. The molecule has 4 heteroatoms. The fourth-order valence-electron chi connectivity index (χ4n) is 1.74. The highest BCUT2D eigenvalue weighted by Gasteiger charge is 2.03. The van der Waals surface area contributed by atoms with Crippen molar-refractivity contribution in [3.05, 3.63) is 54.4 Å². The second-order valence-electron chi connectivity index (χ2n) is 4.14. The van der Waals surface area contributed by atoms with Crippen LogP contribution in [0.3, 0.4) is 0 Å². The van der Waals surface area contributed by atoms with E-state index in [1.165, 1.54) is 0 Å². The summed E-state index contributed by atoms with van der Waals surface area (Å²) in [6.45, 7) is 0. The summed E-state index contributed by atoms with van der Waals surface area (Å²) in [6.07, 6.45) is 4.43. The number of ether oxygens (including phenoxy) is 1. The molecule has 1 N–H and O–H groups in total. The van der Waals surface area contributed by atoms with Crippen LogP contribution in [0.25, 0.3) is 0 Å². The van der Waals surface area contributed by atoms with Gasteiger partial charge >= 0.3 is 0 Å². The zero-order valence-electron chi connectivity index (χ0n) is 10.8. The average Bonchev–Trinajstić information content (AvgIpc) is 2.46. The van der Waals surface area contributed by atoms with Crippen LogP contribution in [0.4, 0.5) is 5.69 Å². The molecule has 0 bridgehead atoms. The molecule has 1 amide bonds. The average molecular weight is 256 g/mol. The van der Waals surface area contributed by atoms with Gasteiger partial charge in [0.2, 0.25) is 5.91 Å². The first-order valence-electron chi connectivity index (χ1n) is 6.11. The molecule has 0 saturated carbocycles. The number of aromatic nitrogens is 1. The topological polar surface area (TPSA) is 51.2 Å². The first-order valence-corrected chi connectivity index (χ1v) is 6.11. The number of carbonyl (C=O) groups is 1. The standard InChI is InChI=1S/C15H16N2O2/c1-19-14-4-2-3-12(11-14)5-6-15(18)17-13-7-9-16-10-8-13/h2-4,7-11H,5-6H2,1H3,(H,16,17,18). The Morgan fingerprint density at radius 1 is 1.26 bits per heavy atom. The zero-order valence-corrected chi connectivity index (χ0v) is 10.8. The van der Waals surface area contributed by atoms with Gasteiger partial charge in [0.05, 0.1) is 7.11 Å². The van der Waals surface area contributed by atoms with Gasteiger partial charge in [-0.2, -0.15) is 0 Å². The Hall–Kier alpha value is -2.36. The van der Waals surface area contributed by atoms with Crippen molar-refractivity contribution < 1.29 is 9.53 Å². The predicted molar refractivity (Wildman–Crippen MR) is 74.2 cm³/mol. The Morgan fingerprint density at radius 2 is 2.05 bits per heavy atom. The number of carbonyl (C=O) groups excluding carboxylic acids is 1. The van der Waals surface area contributed by atoms with E-state index in [-0.39, 0.29) is 5.91 Å². The van der Waals surface area contributed by atoms with Crippen molar-refractivity contribution in [2.24, 2.45) is 0 Å². The van der Waals surface area contributed by atoms with Gasteiger partial charge in [0.1, 0.15) is 5.75 Å². The maximum Gasteiger partial charge on any atom is 0.224 e. The maximum atomic E-state index is 11.8. The number of hydrogen-bond donors (Lipinski definition) is 1. The number of rotatable bonds is 5. The number of anilines is 1. The van der Waals surface area contributed by atoms with Gasteiger partial charge in [0, 0.05) is 24.5 Å². The molecule has 0 aliphatic carbocycles. The molecular weight excluding hydrogens is 240 g/mol. The van der Waals surface area contributed by atoms with E-state index in [9.17, 15) is 4.79 Å². The van der Waals surface area contributed by atoms with Gasteiger partial charge in [-0.1, -0.05) is 12.1 Å². The summed E-state index contributed by atoms with van der Waals surface area (Å²) < 4.78 is 5.15. The van der Waals surface area contributed by atoms with E-state index in [4.69, 9.17) is 4.74 Å². The first-order chi connectivity index (χ1) is 9.28. The molecule has 4 nitrogen and oxygen atoms in total. The van der Waals surface area contributed by atoms with Crippen LogP contribution in [0, 0.1) is 0 Å². The van der Waals surface area contributed by atoms with Crippen molar-refractivity contribution in [2.75, 3.05) is 12.4 Å². The Balaban J connectivity index is 1.86. The van der Waals surface area contributed by atoms with Gasteiger partial charge in [-0.3, -0.25) is 9.78 Å². The minimum atomic E-state index is -0.00554. The van der Waals surface area contributed by atoms with Crippen LogP contribution in [-0.4, -0.2) is 18.0 Å². The van der Waals surface area contributed by atoms with Crippen molar-refractivity contribution in [1.82, 2.24) is 4.98 Å². The van der Waals surface area contributed by atoms with E-state index < -0.39 is 0 Å². The summed E-state index contributed by atoms with van der Waals surface area (Å²) in [5, 5.41) is 2.83. The fourth-order valence-corrected chi connectivity index (χ4v) is 1.74. The molecule has 0 atom stereocenters. The van der Waals surface area contributed by atoms with E-state index in [0.717, 1.165) is 17.0 Å². The number of benzene rings is 1. The molecular formula is C15H16N2O2. The van der Waals surface area contributed by atoms with Crippen molar-refractivity contribution >= 4 is 11.6 Å². The number of aryl methyl sites for hydroxylation is 1. The van der Waals surface area contributed by atoms with Crippen LogP contribution in [0.15, 0.2) is 48.8 Å². The third kappa shape index (κ3) is 4.10. The molecule has 1 heterocycles. The van der Waals surface area contributed by atoms with Crippen molar-refractivity contribution in [3.8, 4) is 5.75 Å². The third-order valence-corrected chi connectivity index (χ3v) is 2.74. The highest BCUT2D eigenvalue weighted by molar-refractivity contribution is 5.90. The molecule has 0 aliphatic heterocycles.